The third-order valence-corrected chi connectivity index (χ3v) is 4.73. The zero-order valence-electron chi connectivity index (χ0n) is 18.7. The number of alkyl halides is 3. The van der Waals surface area contributed by atoms with Gasteiger partial charge in [0, 0.05) is 26.2 Å². The molecule has 0 heterocycles. The zero-order valence-corrected chi connectivity index (χ0v) is 18.7. The van der Waals surface area contributed by atoms with Crippen LogP contribution in [0.25, 0.3) is 0 Å². The summed E-state index contributed by atoms with van der Waals surface area (Å²) in [4.78, 5) is 58.2. The van der Waals surface area contributed by atoms with Crippen molar-refractivity contribution in [1.29, 1.82) is 0 Å². The molecule has 0 aliphatic heterocycles. The molecular weight excluding hydrogens is 489 g/mol. The van der Waals surface area contributed by atoms with Crippen LogP contribution in [0.1, 0.15) is 0 Å². The van der Waals surface area contributed by atoms with Gasteiger partial charge in [0.1, 0.15) is 0 Å². The van der Waals surface area contributed by atoms with E-state index in [0.717, 1.165) is 4.90 Å². The van der Waals surface area contributed by atoms with Crippen LogP contribution in [-0.4, -0.2) is 154 Å². The molecule has 0 unspecified atom stereocenters. The molecular formula is C18H30F3N4O10+. The minimum atomic E-state index is -4.54. The second-order valence-electron chi connectivity index (χ2n) is 7.85. The van der Waals surface area contributed by atoms with Crippen LogP contribution < -0.4 is 5.32 Å². The van der Waals surface area contributed by atoms with Gasteiger partial charge in [-0.25, -0.2) is 9.59 Å². The molecule has 35 heavy (non-hydrogen) atoms. The molecule has 0 radical (unpaired) electrons. The summed E-state index contributed by atoms with van der Waals surface area (Å²) in [6.45, 7) is -6.29. The SMILES string of the molecule is O=C(O)CN(CCN(CC(=O)O)CC(=O)O)CC[N+](CCNCC(F)(F)F)(CC(=O)O)CC(=O)O. The molecule has 6 N–H and O–H groups in total. The molecule has 0 fully saturated rings. The van der Waals surface area contributed by atoms with Crippen LogP contribution in [0.4, 0.5) is 13.2 Å². The van der Waals surface area contributed by atoms with Gasteiger partial charge in [0.15, 0.2) is 13.1 Å². The molecule has 0 aromatic heterocycles. The largest absolute Gasteiger partial charge is 0.480 e. The maximum Gasteiger partial charge on any atom is 0.401 e. The molecule has 202 valence electrons. The first-order valence-electron chi connectivity index (χ1n) is 10.2. The number of carbonyl (C=O) groups is 5. The number of hydrogen-bond donors (Lipinski definition) is 6. The molecule has 0 atom stereocenters. The van der Waals surface area contributed by atoms with E-state index in [1.54, 1.807) is 0 Å². The number of rotatable bonds is 20. The van der Waals surface area contributed by atoms with Crippen molar-refractivity contribution < 1.29 is 67.2 Å². The van der Waals surface area contributed by atoms with Crippen LogP contribution in [0.3, 0.4) is 0 Å². The fourth-order valence-corrected chi connectivity index (χ4v) is 3.30. The third kappa shape index (κ3) is 17.1. The predicted octanol–water partition coefficient (Wildman–Crippen LogP) is -2.02. The van der Waals surface area contributed by atoms with Crippen LogP contribution in [0, 0.1) is 0 Å². The Morgan fingerprint density at radius 1 is 0.657 bits per heavy atom. The molecule has 0 saturated carbocycles. The average molecular weight is 519 g/mol. The van der Waals surface area contributed by atoms with Gasteiger partial charge in [-0.1, -0.05) is 0 Å². The molecule has 0 aromatic rings. The average Bonchev–Trinajstić information content (AvgIpc) is 2.64. The number of carboxylic acid groups (broad SMARTS) is 5. The first-order chi connectivity index (χ1) is 16.0. The second-order valence-corrected chi connectivity index (χ2v) is 7.85. The zero-order chi connectivity index (χ0) is 27.2. The highest BCUT2D eigenvalue weighted by molar-refractivity contribution is 5.72. The number of carboxylic acids is 5. The van der Waals surface area contributed by atoms with Crippen LogP contribution in [0.2, 0.25) is 0 Å². The van der Waals surface area contributed by atoms with E-state index in [9.17, 15) is 47.4 Å². The summed E-state index contributed by atoms with van der Waals surface area (Å²) in [6.07, 6.45) is -4.54. The Balaban J connectivity index is 5.51. The van der Waals surface area contributed by atoms with E-state index in [2.05, 4.69) is 5.32 Å². The summed E-state index contributed by atoms with van der Waals surface area (Å²) in [5, 5.41) is 47.6. The Morgan fingerprint density at radius 2 is 1.09 bits per heavy atom. The lowest BCUT2D eigenvalue weighted by atomic mass is 10.2. The maximum atomic E-state index is 12.4. The standard InChI is InChI=1S/C18H29F3N4O10/c19-18(20,21)12-22-1-5-25(10-16(32)33,11-17(34)35)6-4-23(7-13(26)27)2-3-24(8-14(28)29)9-15(30)31/h22H,1-12H2,(H4-,26,27,28,29,30,31,32,33,34,35)/p+1. The van der Waals surface area contributed by atoms with Gasteiger partial charge in [0.25, 0.3) is 0 Å². The van der Waals surface area contributed by atoms with E-state index in [0.29, 0.717) is 0 Å². The lowest BCUT2D eigenvalue weighted by Crippen LogP contribution is -2.59. The second kappa shape index (κ2) is 15.1. The van der Waals surface area contributed by atoms with Crippen LogP contribution in [-0.2, 0) is 24.0 Å². The van der Waals surface area contributed by atoms with Gasteiger partial charge in [0.05, 0.1) is 39.3 Å². The number of nitrogens with one attached hydrogen (secondary N) is 1. The van der Waals surface area contributed by atoms with Crippen molar-refractivity contribution >= 4 is 29.8 Å². The van der Waals surface area contributed by atoms with Crippen LogP contribution in [0.15, 0.2) is 0 Å². The van der Waals surface area contributed by atoms with Crippen molar-refractivity contribution in [1.82, 2.24) is 15.1 Å². The van der Waals surface area contributed by atoms with E-state index < -0.39 is 79.8 Å². The summed E-state index contributed by atoms with van der Waals surface area (Å²) >= 11 is 0. The summed E-state index contributed by atoms with van der Waals surface area (Å²) in [5.41, 5.74) is 0. The number of hydrogen-bond acceptors (Lipinski definition) is 8. The quantitative estimate of drug-likeness (QED) is 0.0760. The van der Waals surface area contributed by atoms with Crippen molar-refractivity contribution in [3.63, 3.8) is 0 Å². The molecule has 14 nitrogen and oxygen atoms in total. The molecule has 0 aliphatic carbocycles. The number of aliphatic carboxylic acids is 5. The Labute approximate surface area is 197 Å². The predicted molar refractivity (Wildman–Crippen MR) is 110 cm³/mol. The van der Waals surface area contributed by atoms with E-state index in [1.165, 1.54) is 4.90 Å². The summed E-state index contributed by atoms with van der Waals surface area (Å²) in [5.74, 6) is -6.78. The Bertz CT molecular complexity index is 719. The van der Waals surface area contributed by atoms with Crippen molar-refractivity contribution in [2.24, 2.45) is 0 Å². The minimum Gasteiger partial charge on any atom is -0.480 e. The van der Waals surface area contributed by atoms with Gasteiger partial charge < -0.3 is 35.3 Å². The lowest BCUT2D eigenvalue weighted by molar-refractivity contribution is -0.913. The molecule has 0 saturated heterocycles. The first kappa shape index (κ1) is 32.0. The van der Waals surface area contributed by atoms with Gasteiger partial charge in [0.2, 0.25) is 0 Å². The molecule has 17 heteroatoms. The van der Waals surface area contributed by atoms with E-state index >= 15 is 0 Å². The maximum absolute atomic E-state index is 12.4. The fourth-order valence-electron chi connectivity index (χ4n) is 3.30. The number of nitrogens with zero attached hydrogens (tertiary/aromatic N) is 3. The number of halogens is 3. The van der Waals surface area contributed by atoms with Crippen molar-refractivity contribution in [3.8, 4) is 0 Å². The van der Waals surface area contributed by atoms with Crippen molar-refractivity contribution in [2.75, 3.05) is 78.5 Å². The van der Waals surface area contributed by atoms with Gasteiger partial charge in [-0.2, -0.15) is 13.2 Å². The molecule has 0 bridgehead atoms. The Morgan fingerprint density at radius 3 is 1.49 bits per heavy atom. The first-order valence-corrected chi connectivity index (χ1v) is 10.2. The smallest absolute Gasteiger partial charge is 0.401 e. The molecule has 0 aliphatic rings. The van der Waals surface area contributed by atoms with Crippen LogP contribution >= 0.6 is 0 Å². The van der Waals surface area contributed by atoms with Gasteiger partial charge in [-0.15, -0.1) is 0 Å². The third-order valence-electron chi connectivity index (χ3n) is 4.73. The monoisotopic (exact) mass is 519 g/mol. The normalized spacial score (nSPS) is 12.1. The lowest BCUT2D eigenvalue weighted by Gasteiger charge is -2.37. The van der Waals surface area contributed by atoms with Gasteiger partial charge in [-0.05, 0) is 0 Å². The van der Waals surface area contributed by atoms with Crippen molar-refractivity contribution in [2.45, 2.75) is 6.18 Å². The summed E-state index contributed by atoms with van der Waals surface area (Å²) < 4.78 is 36.5. The number of quaternary nitrogens is 1. The van der Waals surface area contributed by atoms with E-state index in [4.69, 9.17) is 15.3 Å². The minimum absolute atomic E-state index is 0.153. The van der Waals surface area contributed by atoms with Gasteiger partial charge in [-0.3, -0.25) is 24.2 Å². The highest BCUT2D eigenvalue weighted by Crippen LogP contribution is 2.13. The van der Waals surface area contributed by atoms with Gasteiger partial charge >= 0.3 is 36.0 Å². The summed E-state index contributed by atoms with van der Waals surface area (Å²) in [6, 6.07) is 0. The highest BCUT2D eigenvalue weighted by Gasteiger charge is 2.34. The highest BCUT2D eigenvalue weighted by atomic mass is 19.4. The fraction of sp³-hybridized carbons (Fsp3) is 0.722. The molecule has 0 spiro atoms. The van der Waals surface area contributed by atoms with Crippen molar-refractivity contribution in [3.05, 3.63) is 0 Å². The van der Waals surface area contributed by atoms with E-state index in [1.807, 2.05) is 0 Å². The Kier molecular flexibility index (Phi) is 13.8. The molecule has 0 amide bonds. The topological polar surface area (TPSA) is 205 Å². The molecule has 0 rings (SSSR count). The van der Waals surface area contributed by atoms with Crippen LogP contribution in [0.5, 0.6) is 0 Å². The van der Waals surface area contributed by atoms with E-state index in [-0.39, 0.29) is 39.3 Å². The summed E-state index contributed by atoms with van der Waals surface area (Å²) in [7, 11) is 0. The molecule has 0 aromatic carbocycles. The Hall–Kier alpha value is -3.02.